The fourth-order valence-electron chi connectivity index (χ4n) is 8.29. The smallest absolute Gasteiger partial charge is 0.0503 e. The highest BCUT2D eigenvalue weighted by atomic mass is 15.2. The largest absolute Gasteiger partial charge is 0.310 e. The Labute approximate surface area is 325 Å². The fourth-order valence-corrected chi connectivity index (χ4v) is 8.29. The number of rotatable bonds is 9. The molecule has 0 saturated heterocycles. The summed E-state index contributed by atoms with van der Waals surface area (Å²) < 4.78 is 0. The lowest BCUT2D eigenvalue weighted by molar-refractivity contribution is 0.660. The van der Waals surface area contributed by atoms with Gasteiger partial charge in [-0.25, -0.2) is 0 Å². The fraction of sp³-hybridized carbons (Fsp3) is 0.0769. The van der Waals surface area contributed by atoms with Gasteiger partial charge < -0.3 is 14.7 Å². The molecule has 0 radical (unpaired) electrons. The predicted octanol–water partition coefficient (Wildman–Crippen LogP) is 14.7. The normalized spacial score (nSPS) is 12.4. The number of fused-ring (bicyclic) bond motifs is 3. The lowest BCUT2D eigenvalue weighted by Gasteiger charge is -2.33. The van der Waals surface area contributed by atoms with Gasteiger partial charge in [0.2, 0.25) is 0 Å². The van der Waals surface area contributed by atoms with Crippen molar-refractivity contribution in [2.75, 3.05) is 14.7 Å². The summed E-state index contributed by atoms with van der Waals surface area (Å²) in [6.07, 6.45) is 0. The van der Waals surface area contributed by atoms with E-state index in [1.165, 1.54) is 27.8 Å². The van der Waals surface area contributed by atoms with Crippen LogP contribution in [0.15, 0.2) is 206 Å². The van der Waals surface area contributed by atoms with Crippen molar-refractivity contribution in [1.29, 1.82) is 0 Å². The van der Waals surface area contributed by atoms with Gasteiger partial charge in [-0.05, 0) is 126 Å². The summed E-state index contributed by atoms with van der Waals surface area (Å²) in [6, 6.07) is 74.2. The first-order valence-corrected chi connectivity index (χ1v) is 19.0. The molecule has 0 saturated carbocycles. The SMILES string of the molecule is Cc1cccc2c1-c1ccc(N(c3ccccc3)c3cc(N(c4ccccc4)c4ccccc4)cc(N(c4ccccc4)c4ccccc4)c3)cc1C2(C)C. The van der Waals surface area contributed by atoms with E-state index in [4.69, 9.17) is 0 Å². The standard InChI is InChI=1S/C52H43N3/c1-38-20-19-31-49-51(38)48-33-32-44(37-50(48)52(49,2)3)55(43-29-17-8-18-30-43)47-35-45(53(39-21-9-4-10-22-39)40-23-11-5-12-24-40)34-46(36-47)54(41-25-13-6-14-26-41)42-27-15-7-16-28-42/h4-37H,1-3H3. The molecule has 0 aromatic heterocycles. The number of para-hydroxylation sites is 5. The molecule has 8 aromatic carbocycles. The minimum Gasteiger partial charge on any atom is -0.310 e. The van der Waals surface area contributed by atoms with Crippen molar-refractivity contribution in [3.63, 3.8) is 0 Å². The maximum atomic E-state index is 2.42. The molecule has 0 heterocycles. The second-order valence-corrected chi connectivity index (χ2v) is 14.7. The Balaban J connectivity index is 1.32. The second-order valence-electron chi connectivity index (χ2n) is 14.7. The third-order valence-electron chi connectivity index (χ3n) is 10.9. The van der Waals surface area contributed by atoms with Crippen LogP contribution in [0.4, 0.5) is 51.2 Å². The molecule has 8 aromatic rings. The Morgan fingerprint density at radius 3 is 1.05 bits per heavy atom. The number of nitrogens with zero attached hydrogens (tertiary/aromatic N) is 3. The van der Waals surface area contributed by atoms with Crippen LogP contribution >= 0.6 is 0 Å². The molecule has 266 valence electrons. The van der Waals surface area contributed by atoms with Crippen molar-refractivity contribution in [2.24, 2.45) is 0 Å². The van der Waals surface area contributed by atoms with Gasteiger partial charge in [-0.15, -0.1) is 0 Å². The van der Waals surface area contributed by atoms with Crippen LogP contribution in [0.25, 0.3) is 11.1 Å². The lowest BCUT2D eigenvalue weighted by atomic mass is 9.82. The highest BCUT2D eigenvalue weighted by Gasteiger charge is 2.37. The lowest BCUT2D eigenvalue weighted by Crippen LogP contribution is -2.18. The molecule has 9 rings (SSSR count). The van der Waals surface area contributed by atoms with Crippen LogP contribution < -0.4 is 14.7 Å². The minimum absolute atomic E-state index is 0.142. The van der Waals surface area contributed by atoms with Crippen LogP contribution in [0, 0.1) is 6.92 Å². The van der Waals surface area contributed by atoms with Crippen molar-refractivity contribution in [2.45, 2.75) is 26.2 Å². The number of hydrogen-bond donors (Lipinski definition) is 0. The topological polar surface area (TPSA) is 9.72 Å². The summed E-state index contributed by atoms with van der Waals surface area (Å²) >= 11 is 0. The van der Waals surface area contributed by atoms with Gasteiger partial charge >= 0.3 is 0 Å². The van der Waals surface area contributed by atoms with Gasteiger partial charge in [-0.3, -0.25) is 0 Å². The Morgan fingerprint density at radius 2 is 0.673 bits per heavy atom. The van der Waals surface area contributed by atoms with Crippen LogP contribution in [-0.4, -0.2) is 0 Å². The van der Waals surface area contributed by atoms with Crippen LogP contribution in [0.5, 0.6) is 0 Å². The minimum atomic E-state index is -0.142. The van der Waals surface area contributed by atoms with Crippen LogP contribution in [0.3, 0.4) is 0 Å². The summed E-state index contributed by atoms with van der Waals surface area (Å²) in [7, 11) is 0. The van der Waals surface area contributed by atoms with E-state index < -0.39 is 0 Å². The molecule has 0 spiro atoms. The van der Waals surface area contributed by atoms with Gasteiger partial charge in [-0.1, -0.05) is 129 Å². The Morgan fingerprint density at radius 1 is 0.309 bits per heavy atom. The highest BCUT2D eigenvalue weighted by Crippen LogP contribution is 2.52. The van der Waals surface area contributed by atoms with E-state index in [1.54, 1.807) is 0 Å². The van der Waals surface area contributed by atoms with Crippen LogP contribution in [0.2, 0.25) is 0 Å². The van der Waals surface area contributed by atoms with E-state index in [0.29, 0.717) is 0 Å². The van der Waals surface area contributed by atoms with Crippen molar-refractivity contribution < 1.29 is 0 Å². The van der Waals surface area contributed by atoms with E-state index in [0.717, 1.165) is 51.2 Å². The van der Waals surface area contributed by atoms with E-state index in [1.807, 2.05) is 0 Å². The third kappa shape index (κ3) is 6.24. The van der Waals surface area contributed by atoms with E-state index in [-0.39, 0.29) is 5.41 Å². The molecule has 0 atom stereocenters. The number of benzene rings is 8. The zero-order valence-corrected chi connectivity index (χ0v) is 31.5. The van der Waals surface area contributed by atoms with Crippen molar-refractivity contribution in [1.82, 2.24) is 0 Å². The number of hydrogen-bond acceptors (Lipinski definition) is 3. The average Bonchev–Trinajstić information content (AvgIpc) is 3.46. The quantitative estimate of drug-likeness (QED) is 0.148. The summed E-state index contributed by atoms with van der Waals surface area (Å²) in [6.45, 7) is 6.96. The van der Waals surface area contributed by atoms with Gasteiger partial charge in [0.1, 0.15) is 0 Å². The molecule has 0 aliphatic heterocycles. The highest BCUT2D eigenvalue weighted by molar-refractivity contribution is 5.91. The van der Waals surface area contributed by atoms with Gasteiger partial charge in [0, 0.05) is 39.5 Å². The van der Waals surface area contributed by atoms with Gasteiger partial charge in [0.25, 0.3) is 0 Å². The van der Waals surface area contributed by atoms with Crippen molar-refractivity contribution >= 4 is 51.2 Å². The van der Waals surface area contributed by atoms with E-state index in [2.05, 4.69) is 242 Å². The second kappa shape index (κ2) is 14.2. The van der Waals surface area contributed by atoms with Crippen molar-refractivity contribution in [3.8, 4) is 11.1 Å². The number of anilines is 9. The molecule has 0 amide bonds. The summed E-state index contributed by atoms with van der Waals surface area (Å²) in [5.74, 6) is 0. The number of aryl methyl sites for hydroxylation is 1. The van der Waals surface area contributed by atoms with E-state index in [9.17, 15) is 0 Å². The Bertz CT molecular complexity index is 2390. The first-order chi connectivity index (χ1) is 27.0. The predicted molar refractivity (Wildman–Crippen MR) is 233 cm³/mol. The molecule has 0 unspecified atom stereocenters. The maximum Gasteiger partial charge on any atom is 0.0503 e. The molecule has 0 bridgehead atoms. The summed E-state index contributed by atoms with van der Waals surface area (Å²) in [5.41, 5.74) is 16.3. The third-order valence-corrected chi connectivity index (χ3v) is 10.9. The summed E-state index contributed by atoms with van der Waals surface area (Å²) in [4.78, 5) is 7.13. The first-order valence-electron chi connectivity index (χ1n) is 19.0. The molecular weight excluding hydrogens is 667 g/mol. The van der Waals surface area contributed by atoms with E-state index >= 15 is 0 Å². The van der Waals surface area contributed by atoms with Gasteiger partial charge in [-0.2, -0.15) is 0 Å². The summed E-state index contributed by atoms with van der Waals surface area (Å²) in [5, 5.41) is 0. The van der Waals surface area contributed by atoms with Crippen molar-refractivity contribution in [3.05, 3.63) is 223 Å². The molecule has 0 fully saturated rings. The zero-order valence-electron chi connectivity index (χ0n) is 31.5. The van der Waals surface area contributed by atoms with Crippen LogP contribution in [-0.2, 0) is 5.41 Å². The average molecular weight is 710 g/mol. The molecule has 1 aliphatic carbocycles. The van der Waals surface area contributed by atoms with Crippen LogP contribution in [0.1, 0.15) is 30.5 Å². The molecular formula is C52H43N3. The molecule has 55 heavy (non-hydrogen) atoms. The van der Waals surface area contributed by atoms with Gasteiger partial charge in [0.05, 0.1) is 17.1 Å². The first kappa shape index (κ1) is 34.0. The molecule has 3 nitrogen and oxygen atoms in total. The van der Waals surface area contributed by atoms with Gasteiger partial charge in [0.15, 0.2) is 0 Å². The molecule has 1 aliphatic rings. The molecule has 3 heteroatoms. The maximum absolute atomic E-state index is 2.42. The zero-order chi connectivity index (χ0) is 37.4. The Kier molecular flexibility index (Phi) is 8.76. The monoisotopic (exact) mass is 709 g/mol. The molecule has 0 N–H and O–H groups in total. The Hall–Kier alpha value is -6.84.